The van der Waals surface area contributed by atoms with Crippen molar-refractivity contribution in [2.45, 2.75) is 45.3 Å². The zero-order valence-electron chi connectivity index (χ0n) is 7.35. The topological polar surface area (TPSA) is 29.5 Å². The number of hydrogen-bond acceptors (Lipinski definition) is 2. The predicted molar refractivity (Wildman–Crippen MR) is 42.0 cm³/mol. The second-order valence-corrected chi connectivity index (χ2v) is 3.35. The zero-order valence-corrected chi connectivity index (χ0v) is 7.35. The standard InChI is InChI=1S/C8H18O2/c1-7(9)5-6-8(2,3)10-4/h7,9H,5-6H2,1-4H3. The lowest BCUT2D eigenvalue weighted by Gasteiger charge is -2.23. The first kappa shape index (κ1) is 9.92. The summed E-state index contributed by atoms with van der Waals surface area (Å²) in [5.41, 5.74) is -0.0863. The Morgan fingerprint density at radius 2 is 2.00 bits per heavy atom. The van der Waals surface area contributed by atoms with Gasteiger partial charge in [-0.1, -0.05) is 0 Å². The highest BCUT2D eigenvalue weighted by Gasteiger charge is 2.16. The molecule has 2 nitrogen and oxygen atoms in total. The molecule has 0 aromatic heterocycles. The first-order valence-electron chi connectivity index (χ1n) is 3.71. The zero-order chi connectivity index (χ0) is 8.20. The average molecular weight is 146 g/mol. The van der Waals surface area contributed by atoms with Crippen molar-refractivity contribution in [2.24, 2.45) is 0 Å². The third-order valence-electron chi connectivity index (χ3n) is 1.72. The molecule has 62 valence electrons. The van der Waals surface area contributed by atoms with Crippen molar-refractivity contribution in [1.29, 1.82) is 0 Å². The van der Waals surface area contributed by atoms with Crippen LogP contribution >= 0.6 is 0 Å². The molecule has 0 spiro atoms. The van der Waals surface area contributed by atoms with Crippen molar-refractivity contribution in [1.82, 2.24) is 0 Å². The molecule has 0 aliphatic heterocycles. The van der Waals surface area contributed by atoms with Crippen LogP contribution < -0.4 is 0 Å². The molecule has 0 aliphatic carbocycles. The van der Waals surface area contributed by atoms with Crippen LogP contribution in [0, 0.1) is 0 Å². The minimum absolute atomic E-state index is 0.0863. The van der Waals surface area contributed by atoms with Crippen LogP contribution in [0.5, 0.6) is 0 Å². The second-order valence-electron chi connectivity index (χ2n) is 3.35. The van der Waals surface area contributed by atoms with Crippen molar-refractivity contribution in [2.75, 3.05) is 7.11 Å². The van der Waals surface area contributed by atoms with Crippen LogP contribution in [-0.2, 0) is 4.74 Å². The molecule has 0 radical (unpaired) electrons. The fourth-order valence-corrected chi connectivity index (χ4v) is 0.659. The molecule has 1 unspecified atom stereocenters. The van der Waals surface area contributed by atoms with Gasteiger partial charge in [-0.3, -0.25) is 0 Å². The molecule has 0 amide bonds. The van der Waals surface area contributed by atoms with E-state index in [4.69, 9.17) is 9.84 Å². The van der Waals surface area contributed by atoms with Gasteiger partial charge >= 0.3 is 0 Å². The van der Waals surface area contributed by atoms with E-state index >= 15 is 0 Å². The monoisotopic (exact) mass is 146 g/mol. The van der Waals surface area contributed by atoms with Gasteiger partial charge < -0.3 is 9.84 Å². The SMILES string of the molecule is COC(C)(C)CCC(C)O. The third kappa shape index (κ3) is 4.77. The summed E-state index contributed by atoms with van der Waals surface area (Å²) in [7, 11) is 1.70. The van der Waals surface area contributed by atoms with E-state index in [1.54, 1.807) is 14.0 Å². The molecule has 2 heteroatoms. The molecule has 0 bridgehead atoms. The van der Waals surface area contributed by atoms with E-state index in [-0.39, 0.29) is 11.7 Å². The number of ether oxygens (including phenoxy) is 1. The Hall–Kier alpha value is -0.0800. The maximum atomic E-state index is 8.96. The molecular formula is C8H18O2. The van der Waals surface area contributed by atoms with E-state index in [0.717, 1.165) is 12.8 Å². The molecule has 1 N–H and O–H groups in total. The molecule has 0 aliphatic rings. The van der Waals surface area contributed by atoms with Gasteiger partial charge in [0.1, 0.15) is 0 Å². The van der Waals surface area contributed by atoms with E-state index < -0.39 is 0 Å². The van der Waals surface area contributed by atoms with E-state index in [0.29, 0.717) is 0 Å². The van der Waals surface area contributed by atoms with Gasteiger partial charge in [-0.25, -0.2) is 0 Å². The second kappa shape index (κ2) is 3.94. The van der Waals surface area contributed by atoms with Crippen molar-refractivity contribution in [3.05, 3.63) is 0 Å². The van der Waals surface area contributed by atoms with Gasteiger partial charge in [0.2, 0.25) is 0 Å². The highest BCUT2D eigenvalue weighted by atomic mass is 16.5. The number of aliphatic hydroxyl groups is 1. The van der Waals surface area contributed by atoms with E-state index in [1.807, 2.05) is 13.8 Å². The lowest BCUT2D eigenvalue weighted by atomic mass is 10.0. The summed E-state index contributed by atoms with van der Waals surface area (Å²) >= 11 is 0. The van der Waals surface area contributed by atoms with Crippen molar-refractivity contribution in [3.8, 4) is 0 Å². The number of methoxy groups -OCH3 is 1. The quantitative estimate of drug-likeness (QED) is 0.652. The van der Waals surface area contributed by atoms with E-state index in [1.165, 1.54) is 0 Å². The molecule has 0 fully saturated rings. The maximum absolute atomic E-state index is 8.96. The summed E-state index contributed by atoms with van der Waals surface area (Å²) in [6.45, 7) is 5.84. The first-order chi connectivity index (χ1) is 4.48. The van der Waals surface area contributed by atoms with Crippen molar-refractivity contribution < 1.29 is 9.84 Å². The number of rotatable bonds is 4. The fraction of sp³-hybridized carbons (Fsp3) is 1.00. The smallest absolute Gasteiger partial charge is 0.0623 e. The van der Waals surface area contributed by atoms with Crippen LogP contribution in [0.25, 0.3) is 0 Å². The largest absolute Gasteiger partial charge is 0.393 e. The van der Waals surface area contributed by atoms with Gasteiger partial charge in [-0.05, 0) is 33.6 Å². The van der Waals surface area contributed by atoms with Crippen LogP contribution in [0.1, 0.15) is 33.6 Å². The lowest BCUT2D eigenvalue weighted by Crippen LogP contribution is -2.23. The molecule has 0 heterocycles. The molecule has 0 rings (SSSR count). The summed E-state index contributed by atoms with van der Waals surface area (Å²) in [5.74, 6) is 0. The van der Waals surface area contributed by atoms with Gasteiger partial charge in [-0.15, -0.1) is 0 Å². The Kier molecular flexibility index (Phi) is 3.91. The van der Waals surface area contributed by atoms with Gasteiger partial charge in [0.25, 0.3) is 0 Å². The average Bonchev–Trinajstić information content (AvgIpc) is 1.85. The Labute approximate surface area is 63.2 Å². The summed E-state index contributed by atoms with van der Waals surface area (Å²) in [6, 6.07) is 0. The molecule has 1 atom stereocenters. The summed E-state index contributed by atoms with van der Waals surface area (Å²) in [5, 5.41) is 8.96. The summed E-state index contributed by atoms with van der Waals surface area (Å²) in [4.78, 5) is 0. The molecule has 0 aromatic carbocycles. The maximum Gasteiger partial charge on any atom is 0.0623 e. The van der Waals surface area contributed by atoms with Crippen LogP contribution in [0.3, 0.4) is 0 Å². The summed E-state index contributed by atoms with van der Waals surface area (Å²) < 4.78 is 5.18. The van der Waals surface area contributed by atoms with Crippen LogP contribution in [-0.4, -0.2) is 23.9 Å². The Balaban J connectivity index is 3.46. The van der Waals surface area contributed by atoms with Gasteiger partial charge in [0.05, 0.1) is 11.7 Å². The minimum Gasteiger partial charge on any atom is -0.393 e. The van der Waals surface area contributed by atoms with Crippen molar-refractivity contribution in [3.63, 3.8) is 0 Å². The Morgan fingerprint density at radius 3 is 2.30 bits per heavy atom. The molecule has 0 saturated carbocycles. The summed E-state index contributed by atoms with van der Waals surface area (Å²) in [6.07, 6.45) is 1.50. The first-order valence-corrected chi connectivity index (χ1v) is 3.71. The third-order valence-corrected chi connectivity index (χ3v) is 1.72. The van der Waals surface area contributed by atoms with Gasteiger partial charge in [-0.2, -0.15) is 0 Å². The van der Waals surface area contributed by atoms with Crippen LogP contribution in [0.15, 0.2) is 0 Å². The van der Waals surface area contributed by atoms with Gasteiger partial charge in [0, 0.05) is 7.11 Å². The molecular weight excluding hydrogens is 128 g/mol. The van der Waals surface area contributed by atoms with Crippen molar-refractivity contribution >= 4 is 0 Å². The highest BCUT2D eigenvalue weighted by Crippen LogP contribution is 2.16. The molecule has 10 heavy (non-hydrogen) atoms. The number of aliphatic hydroxyl groups excluding tert-OH is 1. The minimum atomic E-state index is -0.213. The van der Waals surface area contributed by atoms with E-state index in [2.05, 4.69) is 0 Å². The normalized spacial score (nSPS) is 15.3. The highest BCUT2D eigenvalue weighted by molar-refractivity contribution is 4.68. The number of hydrogen-bond donors (Lipinski definition) is 1. The fourth-order valence-electron chi connectivity index (χ4n) is 0.659. The van der Waals surface area contributed by atoms with E-state index in [9.17, 15) is 0 Å². The molecule has 0 aromatic rings. The lowest BCUT2D eigenvalue weighted by molar-refractivity contribution is 0.00457. The Morgan fingerprint density at radius 1 is 1.50 bits per heavy atom. The van der Waals surface area contributed by atoms with Gasteiger partial charge in [0.15, 0.2) is 0 Å². The van der Waals surface area contributed by atoms with Crippen LogP contribution in [0.2, 0.25) is 0 Å². The predicted octanol–water partition coefficient (Wildman–Crippen LogP) is 1.57. The molecule has 0 saturated heterocycles. The Bertz CT molecular complexity index is 87.3. The van der Waals surface area contributed by atoms with Crippen LogP contribution in [0.4, 0.5) is 0 Å².